The lowest BCUT2D eigenvalue weighted by molar-refractivity contribution is -0.140. The van der Waals surface area contributed by atoms with Gasteiger partial charge in [0, 0.05) is 29.4 Å². The first-order valence-corrected chi connectivity index (χ1v) is 15.6. The van der Waals surface area contributed by atoms with Gasteiger partial charge in [-0.2, -0.15) is 0 Å². The summed E-state index contributed by atoms with van der Waals surface area (Å²) >= 11 is 3.44. The van der Waals surface area contributed by atoms with E-state index in [0.29, 0.717) is 17.6 Å². The third kappa shape index (κ3) is 7.28. The second-order valence-corrected chi connectivity index (χ2v) is 12.3. The number of benzene rings is 4. The van der Waals surface area contributed by atoms with E-state index in [1.54, 1.807) is 12.1 Å². The molecule has 0 aliphatic rings. The minimum Gasteiger partial charge on any atom is -0.355 e. The molecule has 4 aromatic carbocycles. The molecule has 1 N–H and O–H groups in total. The Morgan fingerprint density at radius 2 is 1.50 bits per heavy atom. The first kappa shape index (κ1) is 29.3. The van der Waals surface area contributed by atoms with Crippen LogP contribution in [0.25, 0.3) is 10.8 Å². The molecule has 2 amide bonds. The maximum absolute atomic E-state index is 14.2. The Kier molecular flexibility index (Phi) is 9.60. The number of hydrogen-bond acceptors (Lipinski definition) is 4. The third-order valence-electron chi connectivity index (χ3n) is 6.60. The van der Waals surface area contributed by atoms with Crippen molar-refractivity contribution >= 4 is 54.2 Å². The van der Waals surface area contributed by atoms with Crippen molar-refractivity contribution in [3.63, 3.8) is 0 Å². The van der Waals surface area contributed by atoms with Crippen molar-refractivity contribution < 1.29 is 18.0 Å². The number of hydrogen-bond donors (Lipinski definition) is 1. The van der Waals surface area contributed by atoms with E-state index in [1.807, 2.05) is 91.9 Å². The van der Waals surface area contributed by atoms with Crippen molar-refractivity contribution in [1.29, 1.82) is 0 Å². The molecule has 0 radical (unpaired) electrons. The van der Waals surface area contributed by atoms with Crippen LogP contribution < -0.4 is 9.62 Å². The van der Waals surface area contributed by atoms with Gasteiger partial charge < -0.3 is 10.2 Å². The fourth-order valence-electron chi connectivity index (χ4n) is 4.65. The highest BCUT2D eigenvalue weighted by molar-refractivity contribution is 9.10. The minimum absolute atomic E-state index is 0.133. The number of anilines is 1. The van der Waals surface area contributed by atoms with E-state index in [4.69, 9.17) is 0 Å². The van der Waals surface area contributed by atoms with E-state index in [0.717, 1.165) is 31.5 Å². The Balaban J connectivity index is 1.77. The van der Waals surface area contributed by atoms with E-state index < -0.39 is 28.5 Å². The van der Waals surface area contributed by atoms with Gasteiger partial charge >= 0.3 is 0 Å². The van der Waals surface area contributed by atoms with Crippen LogP contribution in [0.3, 0.4) is 0 Å². The summed E-state index contributed by atoms with van der Waals surface area (Å²) in [5.74, 6) is -0.777. The van der Waals surface area contributed by atoms with Crippen molar-refractivity contribution in [1.82, 2.24) is 10.2 Å². The van der Waals surface area contributed by atoms with Gasteiger partial charge in [0.15, 0.2) is 0 Å². The van der Waals surface area contributed by atoms with Gasteiger partial charge in [0.1, 0.15) is 12.6 Å². The average Bonchev–Trinajstić information content (AvgIpc) is 2.94. The maximum Gasteiger partial charge on any atom is 0.244 e. The van der Waals surface area contributed by atoms with Crippen molar-refractivity contribution in [2.45, 2.75) is 25.9 Å². The lowest BCUT2D eigenvalue weighted by Gasteiger charge is -2.33. The van der Waals surface area contributed by atoms with Gasteiger partial charge in [-0.3, -0.25) is 13.9 Å². The smallest absolute Gasteiger partial charge is 0.244 e. The quantitative estimate of drug-likeness (QED) is 0.251. The lowest BCUT2D eigenvalue weighted by atomic mass is 10.0. The summed E-state index contributed by atoms with van der Waals surface area (Å²) < 4.78 is 28.2. The predicted molar refractivity (Wildman–Crippen MR) is 163 cm³/mol. The Bertz CT molecular complexity index is 1570. The fraction of sp³-hybridized carbons (Fsp3) is 0.226. The molecule has 0 spiro atoms. The van der Waals surface area contributed by atoms with Crippen LogP contribution in [0.15, 0.2) is 102 Å². The molecule has 0 bridgehead atoms. The Morgan fingerprint density at radius 3 is 2.17 bits per heavy atom. The van der Waals surface area contributed by atoms with E-state index in [2.05, 4.69) is 21.2 Å². The molecule has 4 aromatic rings. The predicted octanol–water partition coefficient (Wildman–Crippen LogP) is 5.14. The highest BCUT2D eigenvalue weighted by Gasteiger charge is 2.33. The van der Waals surface area contributed by atoms with Gasteiger partial charge in [-0.05, 0) is 41.6 Å². The van der Waals surface area contributed by atoms with Crippen LogP contribution in [-0.4, -0.2) is 50.5 Å². The van der Waals surface area contributed by atoms with Crippen molar-refractivity contribution in [2.24, 2.45) is 0 Å². The molecule has 1 atom stereocenters. The fourth-order valence-corrected chi connectivity index (χ4v) is 5.78. The molecule has 208 valence electrons. The zero-order valence-electron chi connectivity index (χ0n) is 22.5. The molecule has 0 fully saturated rings. The zero-order valence-corrected chi connectivity index (χ0v) is 24.9. The van der Waals surface area contributed by atoms with Crippen LogP contribution in [0.4, 0.5) is 5.69 Å². The number of nitrogens with one attached hydrogen (secondary N) is 1. The Labute approximate surface area is 244 Å². The molecule has 0 saturated heterocycles. The molecule has 0 unspecified atom stereocenters. The van der Waals surface area contributed by atoms with Crippen LogP contribution in [0.2, 0.25) is 0 Å². The molecule has 0 aliphatic heterocycles. The number of rotatable bonds is 11. The highest BCUT2D eigenvalue weighted by atomic mass is 79.9. The molecular formula is C31H32BrN3O4S. The van der Waals surface area contributed by atoms with Crippen LogP contribution in [0, 0.1) is 0 Å². The number of amides is 2. The molecule has 0 aromatic heterocycles. The number of fused-ring (bicyclic) bond motifs is 1. The summed E-state index contributed by atoms with van der Waals surface area (Å²) in [7, 11) is -3.85. The summed E-state index contributed by atoms with van der Waals surface area (Å²) in [6, 6.07) is 28.9. The standard InChI is InChI=1S/C31H32BrN3O4S/c1-3-33-31(37)29(20-23-10-5-4-6-11-23)34(21-24-16-18-26(32)19-17-24)30(36)22-35(40(2,38)39)28-15-9-13-25-12-7-8-14-27(25)28/h4-19,29H,3,20-22H2,1-2H3,(H,33,37)/t29-/m1/s1. The van der Waals surface area contributed by atoms with Gasteiger partial charge in [0.05, 0.1) is 11.9 Å². The van der Waals surface area contributed by atoms with E-state index in [9.17, 15) is 18.0 Å². The lowest BCUT2D eigenvalue weighted by Crippen LogP contribution is -2.53. The number of carbonyl (C=O) groups excluding carboxylic acids is 2. The summed E-state index contributed by atoms with van der Waals surface area (Å²) in [5, 5.41) is 4.44. The topological polar surface area (TPSA) is 86.8 Å². The van der Waals surface area contributed by atoms with Gasteiger partial charge in [0.25, 0.3) is 0 Å². The van der Waals surface area contributed by atoms with Crippen molar-refractivity contribution in [3.8, 4) is 0 Å². The maximum atomic E-state index is 14.2. The second kappa shape index (κ2) is 13.1. The molecule has 0 heterocycles. The number of likely N-dealkylation sites (N-methyl/N-ethyl adjacent to an activating group) is 1. The summed E-state index contributed by atoms with van der Waals surface area (Å²) in [6.07, 6.45) is 1.37. The van der Waals surface area contributed by atoms with Crippen LogP contribution in [0.5, 0.6) is 0 Å². The summed E-state index contributed by atoms with van der Waals surface area (Å²) in [5.41, 5.74) is 2.12. The van der Waals surface area contributed by atoms with Crippen molar-refractivity contribution in [2.75, 3.05) is 23.7 Å². The van der Waals surface area contributed by atoms with Crippen molar-refractivity contribution in [3.05, 3.63) is 113 Å². The number of halogens is 1. The zero-order chi connectivity index (χ0) is 28.7. The number of nitrogens with zero attached hydrogens (tertiary/aromatic N) is 2. The summed E-state index contributed by atoms with van der Waals surface area (Å²) in [4.78, 5) is 29.1. The molecule has 0 saturated carbocycles. The van der Waals surface area contributed by atoms with Gasteiger partial charge in [-0.1, -0.05) is 94.8 Å². The number of sulfonamides is 1. The Hall–Kier alpha value is -3.69. The Morgan fingerprint density at radius 1 is 0.850 bits per heavy atom. The highest BCUT2D eigenvalue weighted by Crippen LogP contribution is 2.29. The first-order valence-electron chi connectivity index (χ1n) is 13.0. The van der Waals surface area contributed by atoms with Gasteiger partial charge in [-0.25, -0.2) is 8.42 Å². The van der Waals surface area contributed by atoms with Gasteiger partial charge in [-0.15, -0.1) is 0 Å². The molecule has 40 heavy (non-hydrogen) atoms. The monoisotopic (exact) mass is 621 g/mol. The van der Waals surface area contributed by atoms with E-state index in [1.165, 1.54) is 4.90 Å². The van der Waals surface area contributed by atoms with Crippen LogP contribution in [0.1, 0.15) is 18.1 Å². The van der Waals surface area contributed by atoms with Crippen LogP contribution >= 0.6 is 15.9 Å². The SMILES string of the molecule is CCNC(=O)[C@@H](Cc1ccccc1)N(Cc1ccc(Br)cc1)C(=O)CN(c1cccc2ccccc12)S(C)(=O)=O. The van der Waals surface area contributed by atoms with Crippen LogP contribution in [-0.2, 0) is 32.6 Å². The third-order valence-corrected chi connectivity index (χ3v) is 8.26. The normalized spacial score (nSPS) is 12.1. The average molecular weight is 623 g/mol. The van der Waals surface area contributed by atoms with Gasteiger partial charge in [0.2, 0.25) is 21.8 Å². The molecule has 4 rings (SSSR count). The minimum atomic E-state index is -3.85. The molecule has 9 heteroatoms. The van der Waals surface area contributed by atoms with E-state index in [-0.39, 0.29) is 18.9 Å². The van der Waals surface area contributed by atoms with E-state index >= 15 is 0 Å². The molecule has 0 aliphatic carbocycles. The first-order chi connectivity index (χ1) is 19.2. The molecule has 7 nitrogen and oxygen atoms in total. The molecular weight excluding hydrogens is 590 g/mol. The number of carbonyl (C=O) groups is 2. The summed E-state index contributed by atoms with van der Waals surface area (Å²) in [6.45, 7) is 1.90. The second-order valence-electron chi connectivity index (χ2n) is 9.52. The largest absolute Gasteiger partial charge is 0.355 e.